The summed E-state index contributed by atoms with van der Waals surface area (Å²) in [5.74, 6) is -0.0577. The molecular weight excluding hydrogens is 271 g/mol. The Morgan fingerprint density at radius 3 is 2.71 bits per heavy atom. The van der Waals surface area contributed by atoms with E-state index in [0.717, 1.165) is 5.56 Å². The molecule has 0 aliphatic rings. The van der Waals surface area contributed by atoms with Gasteiger partial charge in [-0.25, -0.2) is 14.8 Å². The van der Waals surface area contributed by atoms with Crippen LogP contribution in [0.1, 0.15) is 5.56 Å². The highest BCUT2D eigenvalue weighted by atomic mass is 19.1. The van der Waals surface area contributed by atoms with Crippen LogP contribution in [0.4, 0.5) is 10.3 Å². The second-order valence-corrected chi connectivity index (χ2v) is 4.35. The predicted octanol–water partition coefficient (Wildman–Crippen LogP) is 2.51. The minimum Gasteiger partial charge on any atom is -0.291 e. The van der Waals surface area contributed by atoms with E-state index < -0.39 is 0 Å². The zero-order valence-corrected chi connectivity index (χ0v) is 10.9. The van der Waals surface area contributed by atoms with Gasteiger partial charge in [0.25, 0.3) is 5.56 Å². The lowest BCUT2D eigenvalue weighted by Gasteiger charge is -2.01. The molecule has 0 saturated heterocycles. The molecule has 6 heteroatoms. The molecule has 0 saturated carbocycles. The van der Waals surface area contributed by atoms with Gasteiger partial charge in [0.05, 0.1) is 17.1 Å². The van der Waals surface area contributed by atoms with Crippen LogP contribution in [0.3, 0.4) is 0 Å². The van der Waals surface area contributed by atoms with Gasteiger partial charge in [-0.15, -0.1) is 0 Å². The average Bonchev–Trinajstić information content (AvgIpc) is 2.49. The van der Waals surface area contributed by atoms with E-state index in [1.165, 1.54) is 18.3 Å². The lowest BCUT2D eigenvalue weighted by Crippen LogP contribution is -2.10. The lowest BCUT2D eigenvalue weighted by molar-refractivity contribution is 0.628. The number of para-hydroxylation sites is 1. The van der Waals surface area contributed by atoms with Crippen LogP contribution in [0, 0.1) is 5.82 Å². The molecule has 21 heavy (non-hydrogen) atoms. The molecule has 2 aromatic carbocycles. The first kappa shape index (κ1) is 13.0. The Hall–Kier alpha value is -3.02. The Kier molecular flexibility index (Phi) is 3.42. The highest BCUT2D eigenvalue weighted by molar-refractivity contribution is 5.80. The van der Waals surface area contributed by atoms with Crippen molar-refractivity contribution in [2.45, 2.75) is 0 Å². The molecule has 3 aromatic rings. The van der Waals surface area contributed by atoms with Crippen molar-refractivity contribution in [1.29, 1.82) is 0 Å². The molecule has 0 aliphatic heterocycles. The van der Waals surface area contributed by atoms with Crippen molar-refractivity contribution in [1.82, 2.24) is 9.97 Å². The first-order chi connectivity index (χ1) is 10.2. The Balaban J connectivity index is 1.82. The van der Waals surface area contributed by atoms with Gasteiger partial charge in [-0.2, -0.15) is 5.10 Å². The van der Waals surface area contributed by atoms with E-state index in [1.807, 2.05) is 0 Å². The van der Waals surface area contributed by atoms with Gasteiger partial charge in [0.15, 0.2) is 0 Å². The van der Waals surface area contributed by atoms with Crippen LogP contribution in [0.2, 0.25) is 0 Å². The number of hydrazone groups is 1. The molecule has 1 heterocycles. The van der Waals surface area contributed by atoms with E-state index in [4.69, 9.17) is 0 Å². The second-order valence-electron chi connectivity index (χ2n) is 4.35. The summed E-state index contributed by atoms with van der Waals surface area (Å²) in [6, 6.07) is 12.9. The van der Waals surface area contributed by atoms with Gasteiger partial charge in [-0.1, -0.05) is 24.3 Å². The monoisotopic (exact) mass is 282 g/mol. The summed E-state index contributed by atoms with van der Waals surface area (Å²) < 4.78 is 12.8. The normalized spacial score (nSPS) is 11.1. The van der Waals surface area contributed by atoms with Crippen LogP contribution >= 0.6 is 0 Å². The van der Waals surface area contributed by atoms with E-state index in [0.29, 0.717) is 10.9 Å². The van der Waals surface area contributed by atoms with E-state index in [-0.39, 0.29) is 17.3 Å². The zero-order chi connectivity index (χ0) is 14.7. The molecule has 0 unspecified atom stereocenters. The Morgan fingerprint density at radius 2 is 1.90 bits per heavy atom. The summed E-state index contributed by atoms with van der Waals surface area (Å²) in [4.78, 5) is 18.7. The first-order valence-electron chi connectivity index (χ1n) is 6.26. The Labute approximate surface area is 119 Å². The SMILES string of the molecule is O=c1[nH]c(N/N=C/c2ccc(F)cc2)nc2ccccc12. The van der Waals surface area contributed by atoms with Gasteiger partial charge in [0.1, 0.15) is 5.82 Å². The molecular formula is C15H11FN4O. The molecule has 104 valence electrons. The smallest absolute Gasteiger partial charge is 0.260 e. The van der Waals surface area contributed by atoms with Crippen molar-refractivity contribution >= 4 is 23.1 Å². The van der Waals surface area contributed by atoms with Crippen molar-refractivity contribution in [3.05, 3.63) is 70.3 Å². The van der Waals surface area contributed by atoms with Crippen LogP contribution < -0.4 is 11.0 Å². The molecule has 1 aromatic heterocycles. The topological polar surface area (TPSA) is 70.1 Å². The summed E-state index contributed by atoms with van der Waals surface area (Å²) in [7, 11) is 0. The quantitative estimate of drug-likeness (QED) is 0.573. The van der Waals surface area contributed by atoms with Crippen LogP contribution in [-0.2, 0) is 0 Å². The van der Waals surface area contributed by atoms with Gasteiger partial charge in [0.2, 0.25) is 5.95 Å². The molecule has 3 rings (SSSR count). The van der Waals surface area contributed by atoms with E-state index in [9.17, 15) is 9.18 Å². The fourth-order valence-electron chi connectivity index (χ4n) is 1.86. The summed E-state index contributed by atoms with van der Waals surface area (Å²) in [6.07, 6.45) is 1.51. The third kappa shape index (κ3) is 2.94. The van der Waals surface area contributed by atoms with Crippen LogP contribution in [0.5, 0.6) is 0 Å². The molecule has 5 nitrogen and oxygen atoms in total. The van der Waals surface area contributed by atoms with Crippen molar-refractivity contribution in [3.63, 3.8) is 0 Å². The molecule has 0 bridgehead atoms. The van der Waals surface area contributed by atoms with E-state index in [1.54, 1.807) is 36.4 Å². The van der Waals surface area contributed by atoms with Crippen LogP contribution in [-0.4, -0.2) is 16.2 Å². The largest absolute Gasteiger partial charge is 0.291 e. The molecule has 0 radical (unpaired) electrons. The number of aromatic nitrogens is 2. The molecule has 0 spiro atoms. The summed E-state index contributed by atoms with van der Waals surface area (Å²) >= 11 is 0. The summed E-state index contributed by atoms with van der Waals surface area (Å²) in [5.41, 5.74) is 3.73. The van der Waals surface area contributed by atoms with Crippen LogP contribution in [0.25, 0.3) is 10.9 Å². The van der Waals surface area contributed by atoms with Crippen LogP contribution in [0.15, 0.2) is 58.4 Å². The zero-order valence-electron chi connectivity index (χ0n) is 10.9. The predicted molar refractivity (Wildman–Crippen MR) is 80.0 cm³/mol. The summed E-state index contributed by atoms with van der Waals surface area (Å²) in [6.45, 7) is 0. The maximum absolute atomic E-state index is 12.8. The number of benzene rings is 2. The van der Waals surface area contributed by atoms with Crippen molar-refractivity contribution in [3.8, 4) is 0 Å². The average molecular weight is 282 g/mol. The van der Waals surface area contributed by atoms with E-state index in [2.05, 4.69) is 20.5 Å². The highest BCUT2D eigenvalue weighted by Gasteiger charge is 2.01. The first-order valence-corrected chi connectivity index (χ1v) is 6.26. The molecule has 0 atom stereocenters. The fourth-order valence-corrected chi connectivity index (χ4v) is 1.86. The van der Waals surface area contributed by atoms with Gasteiger partial charge in [0, 0.05) is 0 Å². The minimum absolute atomic E-state index is 0.236. The highest BCUT2D eigenvalue weighted by Crippen LogP contribution is 2.07. The number of halogens is 1. The van der Waals surface area contributed by atoms with Gasteiger partial charge in [-0.05, 0) is 29.8 Å². The molecule has 2 N–H and O–H groups in total. The number of fused-ring (bicyclic) bond motifs is 1. The number of nitrogens with one attached hydrogen (secondary N) is 2. The third-order valence-corrected chi connectivity index (χ3v) is 2.87. The Morgan fingerprint density at radius 1 is 1.14 bits per heavy atom. The number of anilines is 1. The Bertz CT molecular complexity index is 855. The number of hydrogen-bond donors (Lipinski definition) is 2. The summed E-state index contributed by atoms with van der Waals surface area (Å²) in [5, 5.41) is 4.48. The van der Waals surface area contributed by atoms with E-state index >= 15 is 0 Å². The van der Waals surface area contributed by atoms with Crippen molar-refractivity contribution in [2.24, 2.45) is 5.10 Å². The number of H-pyrrole nitrogens is 1. The van der Waals surface area contributed by atoms with Gasteiger partial charge < -0.3 is 0 Å². The lowest BCUT2D eigenvalue weighted by atomic mass is 10.2. The van der Waals surface area contributed by atoms with Gasteiger partial charge >= 0.3 is 0 Å². The number of aromatic amines is 1. The van der Waals surface area contributed by atoms with Crippen molar-refractivity contribution in [2.75, 3.05) is 5.43 Å². The van der Waals surface area contributed by atoms with Gasteiger partial charge in [-0.3, -0.25) is 9.78 Å². The van der Waals surface area contributed by atoms with Crippen molar-refractivity contribution < 1.29 is 4.39 Å². The minimum atomic E-state index is -0.305. The standard InChI is InChI=1S/C15H11FN4O/c16-11-7-5-10(6-8-11)9-17-20-15-18-13-4-2-1-3-12(13)14(21)19-15/h1-9H,(H2,18,19,20,21)/b17-9+. The molecule has 0 amide bonds. The maximum Gasteiger partial charge on any atom is 0.260 e. The number of rotatable bonds is 3. The number of hydrogen-bond acceptors (Lipinski definition) is 4. The third-order valence-electron chi connectivity index (χ3n) is 2.87. The maximum atomic E-state index is 12.8. The second kappa shape index (κ2) is 5.54. The molecule has 0 fully saturated rings. The number of nitrogens with zero attached hydrogens (tertiary/aromatic N) is 2. The fraction of sp³-hybridized carbons (Fsp3) is 0. The molecule has 0 aliphatic carbocycles.